The molecule has 0 bridgehead atoms. The monoisotopic (exact) mass is 433 g/mol. The number of hydrogen-bond acceptors (Lipinski definition) is 4. The van der Waals surface area contributed by atoms with E-state index >= 15 is 0 Å². The Morgan fingerprint density at radius 1 is 0.839 bits per heavy atom. The van der Waals surface area contributed by atoms with Crippen molar-refractivity contribution in [3.8, 4) is 0 Å². The highest BCUT2D eigenvalue weighted by molar-refractivity contribution is 6.51. The molecule has 0 radical (unpaired) electrons. The number of anilines is 1. The molecule has 3 aromatic rings. The molecule has 2 N–H and O–H groups in total. The number of benzene rings is 3. The fraction of sp³-hybridized carbons (Fsp3) is 0.0417. The predicted molar refractivity (Wildman–Crippen MR) is 116 cm³/mol. The minimum atomic E-state index is -1.16. The van der Waals surface area contributed by atoms with Crippen molar-refractivity contribution in [3.05, 3.63) is 106 Å². The van der Waals surface area contributed by atoms with Gasteiger partial charge in [0.2, 0.25) is 0 Å². The van der Waals surface area contributed by atoms with E-state index < -0.39 is 23.7 Å². The minimum absolute atomic E-state index is 0.0303. The van der Waals surface area contributed by atoms with Crippen LogP contribution in [0.15, 0.2) is 84.4 Å². The van der Waals surface area contributed by atoms with E-state index in [9.17, 15) is 24.6 Å². The lowest BCUT2D eigenvalue weighted by Crippen LogP contribution is -2.29. The van der Waals surface area contributed by atoms with Gasteiger partial charge in [0.15, 0.2) is 0 Å². The Kier molecular flexibility index (Phi) is 5.31. The van der Waals surface area contributed by atoms with Gasteiger partial charge in [-0.25, -0.2) is 4.79 Å². The highest BCUT2D eigenvalue weighted by Gasteiger charge is 2.47. The number of aliphatic hydroxyl groups is 1. The van der Waals surface area contributed by atoms with E-state index in [0.29, 0.717) is 16.1 Å². The van der Waals surface area contributed by atoms with Gasteiger partial charge in [-0.3, -0.25) is 14.5 Å². The molecule has 31 heavy (non-hydrogen) atoms. The van der Waals surface area contributed by atoms with Crippen LogP contribution >= 0.6 is 11.6 Å². The molecule has 0 unspecified atom stereocenters. The summed E-state index contributed by atoms with van der Waals surface area (Å²) in [4.78, 5) is 38.7. The Labute approximate surface area is 182 Å². The van der Waals surface area contributed by atoms with Crippen LogP contribution in [0.5, 0.6) is 0 Å². The number of rotatable bonds is 4. The lowest BCUT2D eigenvalue weighted by atomic mass is 9.95. The molecule has 1 atom stereocenters. The van der Waals surface area contributed by atoms with Crippen molar-refractivity contribution in [1.29, 1.82) is 0 Å². The van der Waals surface area contributed by atoms with E-state index in [1.807, 2.05) is 0 Å². The largest absolute Gasteiger partial charge is 0.507 e. The molecule has 0 aliphatic carbocycles. The highest BCUT2D eigenvalue weighted by atomic mass is 35.5. The molecule has 7 heteroatoms. The van der Waals surface area contributed by atoms with Gasteiger partial charge in [0.25, 0.3) is 11.7 Å². The van der Waals surface area contributed by atoms with Gasteiger partial charge in [-0.05, 0) is 35.9 Å². The molecule has 6 nitrogen and oxygen atoms in total. The average Bonchev–Trinajstić information content (AvgIpc) is 3.05. The summed E-state index contributed by atoms with van der Waals surface area (Å²) in [5, 5.41) is 20.8. The van der Waals surface area contributed by atoms with E-state index in [1.165, 1.54) is 23.1 Å². The van der Waals surface area contributed by atoms with Gasteiger partial charge in [0.05, 0.1) is 17.2 Å². The normalized spacial score (nSPS) is 17.7. The number of carbonyl (C=O) groups excluding carboxylic acids is 2. The van der Waals surface area contributed by atoms with Crippen molar-refractivity contribution >= 4 is 40.7 Å². The van der Waals surface area contributed by atoms with Crippen molar-refractivity contribution in [2.75, 3.05) is 4.90 Å². The Balaban J connectivity index is 1.95. The Morgan fingerprint density at radius 3 is 2.13 bits per heavy atom. The van der Waals surface area contributed by atoms with Crippen molar-refractivity contribution in [2.45, 2.75) is 6.04 Å². The number of aromatic carboxylic acids is 1. The third kappa shape index (κ3) is 3.69. The number of carbonyl (C=O) groups is 3. The lowest BCUT2D eigenvalue weighted by Gasteiger charge is -2.25. The topological polar surface area (TPSA) is 94.9 Å². The van der Waals surface area contributed by atoms with Crippen LogP contribution in [-0.2, 0) is 9.59 Å². The highest BCUT2D eigenvalue weighted by Crippen LogP contribution is 2.42. The summed E-state index contributed by atoms with van der Waals surface area (Å²) in [6, 6.07) is 19.8. The maximum Gasteiger partial charge on any atom is 0.335 e. The molecule has 0 saturated carbocycles. The lowest BCUT2D eigenvalue weighted by molar-refractivity contribution is -0.132. The first kappa shape index (κ1) is 20.4. The predicted octanol–water partition coefficient (Wildman–Crippen LogP) is 4.66. The number of hydrogen-bond donors (Lipinski definition) is 2. The van der Waals surface area contributed by atoms with Gasteiger partial charge < -0.3 is 10.2 Å². The maximum atomic E-state index is 13.0. The van der Waals surface area contributed by atoms with Crippen LogP contribution in [0.25, 0.3) is 5.76 Å². The summed E-state index contributed by atoms with van der Waals surface area (Å²) in [6.07, 6.45) is 0. The van der Waals surface area contributed by atoms with Crippen LogP contribution in [0.4, 0.5) is 5.69 Å². The molecule has 0 aromatic heterocycles. The number of ketones is 1. The standard InChI is InChI=1S/C24H16ClNO5/c25-17-11-9-14(10-12-17)20-19(21(27)15-5-2-1-3-6-15)22(28)23(29)26(20)18-8-4-7-16(13-18)24(30)31/h1-13,20,27H,(H,30,31)/b21-19+/t20-/m1/s1. The Hall–Kier alpha value is -3.90. The SMILES string of the molecule is O=C1C(=O)N(c2cccc(C(=O)O)c2)[C@H](c2ccc(Cl)cc2)/C1=C(\O)c1ccccc1. The maximum absolute atomic E-state index is 13.0. The molecular formula is C24H16ClNO5. The van der Waals surface area contributed by atoms with Crippen LogP contribution in [0, 0.1) is 0 Å². The summed E-state index contributed by atoms with van der Waals surface area (Å²) >= 11 is 6.01. The molecule has 0 spiro atoms. The molecule has 4 rings (SSSR count). The van der Waals surface area contributed by atoms with Crippen LogP contribution in [0.1, 0.15) is 27.5 Å². The smallest absolute Gasteiger partial charge is 0.335 e. The van der Waals surface area contributed by atoms with Crippen molar-refractivity contribution in [2.24, 2.45) is 0 Å². The molecule has 154 valence electrons. The third-order valence-corrected chi connectivity index (χ3v) is 5.30. The second kappa shape index (κ2) is 8.08. The van der Waals surface area contributed by atoms with E-state index in [2.05, 4.69) is 0 Å². The summed E-state index contributed by atoms with van der Waals surface area (Å²) in [7, 11) is 0. The summed E-state index contributed by atoms with van der Waals surface area (Å²) in [5.74, 6) is -3.19. The summed E-state index contributed by atoms with van der Waals surface area (Å²) in [6.45, 7) is 0. The zero-order valence-corrected chi connectivity index (χ0v) is 16.8. The first-order chi connectivity index (χ1) is 14.9. The summed E-state index contributed by atoms with van der Waals surface area (Å²) < 4.78 is 0. The molecule has 1 fully saturated rings. The Morgan fingerprint density at radius 2 is 1.48 bits per heavy atom. The number of halogens is 1. The van der Waals surface area contributed by atoms with Crippen molar-refractivity contribution < 1.29 is 24.6 Å². The zero-order valence-electron chi connectivity index (χ0n) is 16.0. The zero-order chi connectivity index (χ0) is 22.1. The number of carboxylic acid groups (broad SMARTS) is 1. The molecule has 1 amide bonds. The van der Waals surface area contributed by atoms with Gasteiger partial charge in [-0.2, -0.15) is 0 Å². The fourth-order valence-corrected chi connectivity index (χ4v) is 3.73. The van der Waals surface area contributed by atoms with Crippen molar-refractivity contribution in [3.63, 3.8) is 0 Å². The number of nitrogens with zero attached hydrogens (tertiary/aromatic N) is 1. The van der Waals surface area contributed by atoms with E-state index in [1.54, 1.807) is 60.7 Å². The number of aliphatic hydroxyl groups excluding tert-OH is 1. The molecule has 1 aliphatic rings. The molecule has 1 aliphatic heterocycles. The van der Waals surface area contributed by atoms with E-state index in [4.69, 9.17) is 11.6 Å². The minimum Gasteiger partial charge on any atom is -0.507 e. The van der Waals surface area contributed by atoms with Crippen molar-refractivity contribution in [1.82, 2.24) is 0 Å². The fourth-order valence-electron chi connectivity index (χ4n) is 3.60. The van der Waals surface area contributed by atoms with Crippen LogP contribution in [0.2, 0.25) is 5.02 Å². The van der Waals surface area contributed by atoms with E-state index in [-0.39, 0.29) is 22.6 Å². The Bertz CT molecular complexity index is 1220. The first-order valence-corrected chi connectivity index (χ1v) is 9.71. The first-order valence-electron chi connectivity index (χ1n) is 9.33. The second-order valence-electron chi connectivity index (χ2n) is 6.94. The summed E-state index contributed by atoms with van der Waals surface area (Å²) in [5.41, 5.74) is 1.05. The second-order valence-corrected chi connectivity index (χ2v) is 7.38. The van der Waals surface area contributed by atoms with Crippen LogP contribution < -0.4 is 4.90 Å². The molecule has 3 aromatic carbocycles. The number of amides is 1. The third-order valence-electron chi connectivity index (χ3n) is 5.05. The van der Waals surface area contributed by atoms with Gasteiger partial charge in [-0.1, -0.05) is 60.1 Å². The number of Topliss-reactive ketones (excluding diaryl/α,β-unsaturated/α-hetero) is 1. The quantitative estimate of drug-likeness (QED) is 0.354. The molecular weight excluding hydrogens is 418 g/mol. The van der Waals surface area contributed by atoms with Gasteiger partial charge in [0, 0.05) is 16.3 Å². The molecule has 1 heterocycles. The van der Waals surface area contributed by atoms with Gasteiger partial charge in [0.1, 0.15) is 5.76 Å². The number of carboxylic acids is 1. The average molecular weight is 434 g/mol. The van der Waals surface area contributed by atoms with Gasteiger partial charge >= 0.3 is 5.97 Å². The van der Waals surface area contributed by atoms with Crippen LogP contribution in [0.3, 0.4) is 0 Å². The molecule has 1 saturated heterocycles. The van der Waals surface area contributed by atoms with Gasteiger partial charge in [-0.15, -0.1) is 0 Å². The van der Waals surface area contributed by atoms with Crippen LogP contribution in [-0.4, -0.2) is 27.9 Å². The van der Waals surface area contributed by atoms with E-state index in [0.717, 1.165) is 0 Å².